The van der Waals surface area contributed by atoms with E-state index in [0.29, 0.717) is 29.6 Å². The maximum atomic E-state index is 13.6. The lowest BCUT2D eigenvalue weighted by molar-refractivity contribution is -0.119. The van der Waals surface area contributed by atoms with Gasteiger partial charge in [-0.15, -0.1) is 0 Å². The number of carbonyl (C=O) groups is 1. The fourth-order valence-electron chi connectivity index (χ4n) is 3.86. The molecule has 10 nitrogen and oxygen atoms in total. The van der Waals surface area contributed by atoms with E-state index in [-0.39, 0.29) is 30.0 Å². The number of furan rings is 1. The Labute approximate surface area is 193 Å². The number of hydrogen-bond donors (Lipinski definition) is 2. The van der Waals surface area contributed by atoms with Gasteiger partial charge in [0.2, 0.25) is 5.91 Å². The average molecular weight is 463 g/mol. The summed E-state index contributed by atoms with van der Waals surface area (Å²) in [6.07, 6.45) is 4.48. The van der Waals surface area contributed by atoms with E-state index in [1.807, 2.05) is 6.92 Å². The number of aromatic amines is 1. The highest BCUT2D eigenvalue weighted by Crippen LogP contribution is 2.21. The van der Waals surface area contributed by atoms with Crippen LogP contribution in [0.15, 0.2) is 73.7 Å². The van der Waals surface area contributed by atoms with Crippen molar-refractivity contribution in [3.8, 4) is 0 Å². The van der Waals surface area contributed by atoms with E-state index in [1.54, 1.807) is 41.0 Å². The smallest absolute Gasteiger partial charge is 0.330 e. The second-order valence-electron chi connectivity index (χ2n) is 7.88. The molecule has 34 heavy (non-hydrogen) atoms. The van der Waals surface area contributed by atoms with Crippen LogP contribution in [-0.4, -0.2) is 20.0 Å². The molecule has 3 N–H and O–H groups in total. The normalized spacial score (nSPS) is 11.1. The minimum absolute atomic E-state index is 0.0662. The molecule has 10 heteroatoms. The Morgan fingerprint density at radius 2 is 1.91 bits per heavy atom. The van der Waals surface area contributed by atoms with Gasteiger partial charge in [0.05, 0.1) is 18.3 Å². The highest BCUT2D eigenvalue weighted by Gasteiger charge is 2.26. The topological polar surface area (TPSA) is 136 Å². The molecule has 0 aliphatic heterocycles. The Morgan fingerprint density at radius 3 is 2.65 bits per heavy atom. The van der Waals surface area contributed by atoms with Crippen molar-refractivity contribution in [3.05, 3.63) is 91.7 Å². The highest BCUT2D eigenvalue weighted by molar-refractivity contribution is 5.96. The Kier molecular flexibility index (Phi) is 6.48. The Hall–Kier alpha value is -4.34. The quantitative estimate of drug-likeness (QED) is 0.410. The summed E-state index contributed by atoms with van der Waals surface area (Å²) >= 11 is 0. The van der Waals surface area contributed by atoms with Gasteiger partial charge in [-0.2, -0.15) is 0 Å². The molecule has 0 aliphatic rings. The molecule has 0 saturated carbocycles. The van der Waals surface area contributed by atoms with Gasteiger partial charge in [-0.25, -0.2) is 4.79 Å². The second-order valence-corrected chi connectivity index (χ2v) is 7.88. The van der Waals surface area contributed by atoms with Crippen molar-refractivity contribution in [1.29, 1.82) is 0 Å². The van der Waals surface area contributed by atoms with Crippen molar-refractivity contribution in [1.82, 2.24) is 14.1 Å². The summed E-state index contributed by atoms with van der Waals surface area (Å²) in [5.74, 6) is -0.127. The van der Waals surface area contributed by atoms with E-state index in [0.717, 1.165) is 6.42 Å². The van der Waals surface area contributed by atoms with Gasteiger partial charge in [0.25, 0.3) is 5.56 Å². The fraction of sp³-hybridized carbons (Fsp3) is 0.250. The largest absolute Gasteiger partial charge is 0.467 e. The Balaban J connectivity index is 1.80. The van der Waals surface area contributed by atoms with Crippen LogP contribution in [0.2, 0.25) is 0 Å². The summed E-state index contributed by atoms with van der Waals surface area (Å²) in [5, 5.41) is 0.473. The number of nitrogen functional groups attached to an aromatic ring is 1. The first kappa shape index (κ1) is 22.8. The zero-order valence-corrected chi connectivity index (χ0v) is 18.7. The lowest BCUT2D eigenvalue weighted by Crippen LogP contribution is -2.42. The SMILES string of the molecule is CCCCn1c(N)c(N(Cc2ccco2)C(=O)Cn2ccc(=O)c3ccccc32)c(=O)[nH]c1=O. The number of fused-ring (bicyclic) bond motifs is 1. The molecular formula is C24H25N5O5. The summed E-state index contributed by atoms with van der Waals surface area (Å²) in [6, 6.07) is 11.7. The van der Waals surface area contributed by atoms with E-state index in [9.17, 15) is 19.2 Å². The van der Waals surface area contributed by atoms with Crippen LogP contribution in [0.25, 0.3) is 10.9 Å². The molecule has 176 valence electrons. The molecule has 1 amide bonds. The summed E-state index contributed by atoms with van der Waals surface area (Å²) in [6.45, 7) is 2.03. The fourth-order valence-corrected chi connectivity index (χ4v) is 3.86. The van der Waals surface area contributed by atoms with Gasteiger partial charge < -0.3 is 14.7 Å². The van der Waals surface area contributed by atoms with E-state index in [1.165, 1.54) is 28.0 Å². The van der Waals surface area contributed by atoms with Gasteiger partial charge >= 0.3 is 5.69 Å². The molecule has 0 aliphatic carbocycles. The number of amides is 1. The number of para-hydroxylation sites is 1. The number of rotatable bonds is 8. The van der Waals surface area contributed by atoms with Crippen molar-refractivity contribution in [2.45, 2.75) is 39.4 Å². The number of H-pyrrole nitrogens is 1. The van der Waals surface area contributed by atoms with E-state index in [2.05, 4.69) is 4.98 Å². The second kappa shape index (κ2) is 9.65. The molecule has 0 atom stereocenters. The molecule has 4 rings (SSSR count). The zero-order valence-electron chi connectivity index (χ0n) is 18.7. The minimum Gasteiger partial charge on any atom is -0.467 e. The number of pyridine rings is 1. The highest BCUT2D eigenvalue weighted by atomic mass is 16.3. The molecule has 0 saturated heterocycles. The van der Waals surface area contributed by atoms with Gasteiger partial charge in [-0.3, -0.25) is 28.8 Å². The van der Waals surface area contributed by atoms with Crippen LogP contribution >= 0.6 is 0 Å². The van der Waals surface area contributed by atoms with Gasteiger partial charge in [0, 0.05) is 24.2 Å². The number of unbranched alkanes of at least 4 members (excludes halogenated alkanes) is 1. The lowest BCUT2D eigenvalue weighted by Gasteiger charge is -2.24. The summed E-state index contributed by atoms with van der Waals surface area (Å²) in [5.41, 5.74) is 5.18. The van der Waals surface area contributed by atoms with Crippen LogP contribution in [0, 0.1) is 0 Å². The van der Waals surface area contributed by atoms with Crippen LogP contribution < -0.4 is 27.3 Å². The molecule has 3 aromatic heterocycles. The first-order chi connectivity index (χ1) is 16.4. The Bertz CT molecular complexity index is 1500. The molecule has 0 spiro atoms. The molecule has 3 heterocycles. The molecular weight excluding hydrogens is 438 g/mol. The van der Waals surface area contributed by atoms with E-state index < -0.39 is 17.2 Å². The maximum absolute atomic E-state index is 13.6. The average Bonchev–Trinajstić information content (AvgIpc) is 3.33. The van der Waals surface area contributed by atoms with E-state index >= 15 is 0 Å². The van der Waals surface area contributed by atoms with Crippen LogP contribution in [0.3, 0.4) is 0 Å². The van der Waals surface area contributed by atoms with Crippen LogP contribution in [-0.2, 0) is 24.4 Å². The molecule has 4 aromatic rings. The van der Waals surface area contributed by atoms with Crippen molar-refractivity contribution in [2.24, 2.45) is 0 Å². The molecule has 0 radical (unpaired) electrons. The van der Waals surface area contributed by atoms with Gasteiger partial charge in [0.15, 0.2) is 11.1 Å². The molecule has 0 unspecified atom stereocenters. The van der Waals surface area contributed by atoms with Crippen LogP contribution in [0.1, 0.15) is 25.5 Å². The third kappa shape index (κ3) is 4.42. The summed E-state index contributed by atoms with van der Waals surface area (Å²) in [7, 11) is 0. The monoisotopic (exact) mass is 463 g/mol. The minimum atomic E-state index is -0.764. The molecule has 0 fully saturated rings. The third-order valence-corrected chi connectivity index (χ3v) is 5.60. The number of carbonyl (C=O) groups excluding carboxylic acids is 1. The molecule has 1 aromatic carbocycles. The number of anilines is 2. The number of nitrogens with zero attached hydrogens (tertiary/aromatic N) is 3. The first-order valence-electron chi connectivity index (χ1n) is 10.9. The third-order valence-electron chi connectivity index (χ3n) is 5.60. The van der Waals surface area contributed by atoms with Crippen molar-refractivity contribution in [3.63, 3.8) is 0 Å². The maximum Gasteiger partial charge on any atom is 0.330 e. The predicted molar refractivity (Wildman–Crippen MR) is 129 cm³/mol. The summed E-state index contributed by atoms with van der Waals surface area (Å²) in [4.78, 5) is 54.5. The number of nitrogens with two attached hydrogens (primary N) is 1. The number of hydrogen-bond acceptors (Lipinski definition) is 6. The predicted octanol–water partition coefficient (Wildman–Crippen LogP) is 2.06. The van der Waals surface area contributed by atoms with Gasteiger partial charge in [-0.1, -0.05) is 25.5 Å². The van der Waals surface area contributed by atoms with Gasteiger partial charge in [-0.05, 0) is 30.7 Å². The van der Waals surface area contributed by atoms with Crippen LogP contribution in [0.4, 0.5) is 11.5 Å². The molecule has 0 bridgehead atoms. The standard InChI is InChI=1S/C24H25N5O5/c1-2-3-11-28-22(25)21(23(32)26-24(28)33)29(14-16-7-6-13-34-16)20(31)15-27-12-10-19(30)17-8-4-5-9-18(17)27/h4-10,12-13H,2-3,11,14-15,25H2,1H3,(H,26,32,33). The Morgan fingerprint density at radius 1 is 1.12 bits per heavy atom. The first-order valence-corrected chi connectivity index (χ1v) is 10.9. The zero-order chi connectivity index (χ0) is 24.2. The van der Waals surface area contributed by atoms with Crippen LogP contribution in [0.5, 0.6) is 0 Å². The van der Waals surface area contributed by atoms with Crippen molar-refractivity contribution in [2.75, 3.05) is 10.6 Å². The number of nitrogens with one attached hydrogen (secondary N) is 1. The van der Waals surface area contributed by atoms with E-state index in [4.69, 9.17) is 10.2 Å². The number of benzene rings is 1. The van der Waals surface area contributed by atoms with Crippen molar-refractivity contribution < 1.29 is 9.21 Å². The lowest BCUT2D eigenvalue weighted by atomic mass is 10.2. The number of aromatic nitrogens is 3. The van der Waals surface area contributed by atoms with Crippen molar-refractivity contribution >= 4 is 28.3 Å². The van der Waals surface area contributed by atoms with Gasteiger partial charge in [0.1, 0.15) is 18.1 Å². The summed E-state index contributed by atoms with van der Waals surface area (Å²) < 4.78 is 8.30.